The number of amides is 1. The number of carbonyl (C=O) groups excluding carboxylic acids is 1. The van der Waals surface area contributed by atoms with Crippen LogP contribution in [0.1, 0.15) is 12.6 Å². The first-order valence-corrected chi connectivity index (χ1v) is 8.01. The van der Waals surface area contributed by atoms with Gasteiger partial charge >= 0.3 is 5.97 Å². The molecule has 0 aliphatic heterocycles. The Morgan fingerprint density at radius 1 is 1.29 bits per heavy atom. The van der Waals surface area contributed by atoms with Crippen LogP contribution < -0.4 is 14.8 Å². The predicted molar refractivity (Wildman–Crippen MR) is 89.6 cm³/mol. The van der Waals surface area contributed by atoms with Crippen molar-refractivity contribution < 1.29 is 24.2 Å². The van der Waals surface area contributed by atoms with Crippen LogP contribution in [-0.2, 0) is 16.0 Å². The average molecular weight is 350 g/mol. The molecule has 0 bridgehead atoms. The third-order valence-corrected chi connectivity index (χ3v) is 4.21. The molecule has 0 spiro atoms. The molecule has 1 heterocycles. The summed E-state index contributed by atoms with van der Waals surface area (Å²) < 4.78 is 10.5. The van der Waals surface area contributed by atoms with Crippen molar-refractivity contribution >= 4 is 23.2 Å². The summed E-state index contributed by atoms with van der Waals surface area (Å²) in [5, 5.41) is 13.7. The van der Waals surface area contributed by atoms with Crippen molar-refractivity contribution in [1.29, 1.82) is 0 Å². The van der Waals surface area contributed by atoms with Gasteiger partial charge in [-0.25, -0.2) is 4.98 Å². The molecule has 2 N–H and O–H groups in total. The Balaban J connectivity index is 2.10. The van der Waals surface area contributed by atoms with Crippen molar-refractivity contribution in [3.8, 4) is 22.1 Å². The summed E-state index contributed by atoms with van der Waals surface area (Å²) in [5.74, 6) is -0.235. The molecule has 0 unspecified atom stereocenters. The number of aromatic nitrogens is 1. The van der Waals surface area contributed by atoms with Gasteiger partial charge in [-0.2, -0.15) is 0 Å². The van der Waals surface area contributed by atoms with Gasteiger partial charge in [0.1, 0.15) is 11.0 Å². The van der Waals surface area contributed by atoms with Gasteiger partial charge in [-0.05, 0) is 25.1 Å². The fourth-order valence-corrected chi connectivity index (χ4v) is 2.83. The van der Waals surface area contributed by atoms with Gasteiger partial charge in [0.05, 0.1) is 26.3 Å². The fourth-order valence-electron chi connectivity index (χ4n) is 2.01. The zero-order chi connectivity index (χ0) is 17.7. The number of nitrogens with one attached hydrogen (secondary N) is 1. The number of thiazole rings is 1. The topological polar surface area (TPSA) is 97.8 Å². The number of carbonyl (C=O) groups is 2. The van der Waals surface area contributed by atoms with E-state index in [1.165, 1.54) is 18.3 Å². The van der Waals surface area contributed by atoms with E-state index >= 15 is 0 Å². The van der Waals surface area contributed by atoms with Gasteiger partial charge in [0.2, 0.25) is 5.91 Å². The molecule has 2 rings (SSSR count). The van der Waals surface area contributed by atoms with Crippen molar-refractivity contribution in [2.45, 2.75) is 19.4 Å². The van der Waals surface area contributed by atoms with Crippen LogP contribution in [-0.4, -0.2) is 42.2 Å². The van der Waals surface area contributed by atoms with Crippen molar-refractivity contribution in [3.63, 3.8) is 0 Å². The Morgan fingerprint density at radius 3 is 2.62 bits per heavy atom. The van der Waals surface area contributed by atoms with Crippen LogP contribution in [0.3, 0.4) is 0 Å². The lowest BCUT2D eigenvalue weighted by Gasteiger charge is -2.08. The minimum atomic E-state index is -1.08. The standard InChI is InChI=1S/C16H18N2O5S/c1-9(16(20)21)17-14(19)7-11-8-24-15(18-11)10-4-5-12(22-2)13(6-10)23-3/h4-6,8-9H,7H2,1-3H3,(H,17,19)(H,20,21)/t9-/m1/s1. The van der Waals surface area contributed by atoms with E-state index in [1.54, 1.807) is 25.7 Å². The molecular formula is C16H18N2O5S. The second kappa shape index (κ2) is 7.78. The Hall–Kier alpha value is -2.61. The quantitative estimate of drug-likeness (QED) is 0.792. The molecule has 1 amide bonds. The summed E-state index contributed by atoms with van der Waals surface area (Å²) >= 11 is 1.40. The highest BCUT2D eigenvalue weighted by molar-refractivity contribution is 7.13. The maximum absolute atomic E-state index is 11.8. The van der Waals surface area contributed by atoms with E-state index in [4.69, 9.17) is 14.6 Å². The molecule has 1 aromatic carbocycles. The Morgan fingerprint density at radius 2 is 2.00 bits per heavy atom. The van der Waals surface area contributed by atoms with Gasteiger partial charge in [-0.1, -0.05) is 0 Å². The summed E-state index contributed by atoms with van der Waals surface area (Å²) in [7, 11) is 3.12. The lowest BCUT2D eigenvalue weighted by atomic mass is 10.2. The van der Waals surface area contributed by atoms with E-state index in [-0.39, 0.29) is 12.3 Å². The zero-order valence-electron chi connectivity index (χ0n) is 13.5. The molecular weight excluding hydrogens is 332 g/mol. The third kappa shape index (κ3) is 4.23. The highest BCUT2D eigenvalue weighted by Crippen LogP contribution is 2.33. The van der Waals surface area contributed by atoms with Crippen LogP contribution in [0, 0.1) is 0 Å². The zero-order valence-corrected chi connectivity index (χ0v) is 14.3. The van der Waals surface area contributed by atoms with Crippen LogP contribution in [0.25, 0.3) is 10.6 Å². The third-order valence-electron chi connectivity index (χ3n) is 3.27. The van der Waals surface area contributed by atoms with E-state index in [9.17, 15) is 9.59 Å². The number of carboxylic acid groups (broad SMARTS) is 1. The molecule has 24 heavy (non-hydrogen) atoms. The van der Waals surface area contributed by atoms with Gasteiger partial charge in [0.15, 0.2) is 11.5 Å². The number of benzene rings is 1. The van der Waals surface area contributed by atoms with Crippen LogP contribution >= 0.6 is 11.3 Å². The van der Waals surface area contributed by atoms with Crippen LogP contribution in [0.4, 0.5) is 0 Å². The summed E-state index contributed by atoms with van der Waals surface area (Å²) in [5.41, 5.74) is 1.43. The highest BCUT2D eigenvalue weighted by Gasteiger charge is 2.16. The number of nitrogens with zero attached hydrogens (tertiary/aromatic N) is 1. The second-order valence-corrected chi connectivity index (χ2v) is 5.88. The smallest absolute Gasteiger partial charge is 0.325 e. The van der Waals surface area contributed by atoms with Gasteiger partial charge in [-0.15, -0.1) is 11.3 Å². The maximum atomic E-state index is 11.8. The Bertz CT molecular complexity index is 744. The van der Waals surface area contributed by atoms with E-state index in [2.05, 4.69) is 10.3 Å². The SMILES string of the molecule is COc1ccc(-c2nc(CC(=O)N[C@H](C)C(=O)O)cs2)cc1OC. The molecule has 7 nitrogen and oxygen atoms in total. The summed E-state index contributed by atoms with van der Waals surface area (Å²) in [6, 6.07) is 4.53. The number of methoxy groups -OCH3 is 2. The van der Waals surface area contributed by atoms with Gasteiger partial charge in [-0.3, -0.25) is 9.59 Å². The first-order chi connectivity index (χ1) is 11.4. The number of aliphatic carboxylic acids is 1. The second-order valence-electron chi connectivity index (χ2n) is 5.02. The summed E-state index contributed by atoms with van der Waals surface area (Å²) in [6.07, 6.45) is 0.0292. The summed E-state index contributed by atoms with van der Waals surface area (Å²) in [6.45, 7) is 1.41. The molecule has 0 saturated carbocycles. The van der Waals surface area contributed by atoms with E-state index in [0.717, 1.165) is 10.6 Å². The van der Waals surface area contributed by atoms with Crippen LogP contribution in [0.5, 0.6) is 11.5 Å². The van der Waals surface area contributed by atoms with Crippen molar-refractivity contribution in [2.24, 2.45) is 0 Å². The number of hydrogen-bond donors (Lipinski definition) is 2. The number of carboxylic acids is 1. The van der Waals surface area contributed by atoms with Crippen molar-refractivity contribution in [2.75, 3.05) is 14.2 Å². The first-order valence-electron chi connectivity index (χ1n) is 7.13. The Labute approximate surface area is 143 Å². The molecule has 0 aliphatic carbocycles. The minimum Gasteiger partial charge on any atom is -0.493 e. The average Bonchev–Trinajstić information content (AvgIpc) is 3.02. The van der Waals surface area contributed by atoms with Crippen molar-refractivity contribution in [3.05, 3.63) is 29.3 Å². The number of hydrogen-bond acceptors (Lipinski definition) is 6. The molecule has 8 heteroatoms. The number of rotatable bonds is 7. The van der Waals surface area contributed by atoms with E-state index < -0.39 is 12.0 Å². The predicted octanol–water partition coefficient (Wildman–Crippen LogP) is 1.96. The van der Waals surface area contributed by atoms with E-state index in [0.29, 0.717) is 17.2 Å². The van der Waals surface area contributed by atoms with Crippen molar-refractivity contribution in [1.82, 2.24) is 10.3 Å². The lowest BCUT2D eigenvalue weighted by molar-refractivity contribution is -0.141. The molecule has 0 radical (unpaired) electrons. The monoisotopic (exact) mass is 350 g/mol. The van der Waals surface area contributed by atoms with Gasteiger partial charge < -0.3 is 19.9 Å². The van der Waals surface area contributed by atoms with E-state index in [1.807, 2.05) is 12.1 Å². The maximum Gasteiger partial charge on any atom is 0.325 e. The molecule has 1 aromatic heterocycles. The molecule has 128 valence electrons. The molecule has 1 atom stereocenters. The molecule has 2 aromatic rings. The lowest BCUT2D eigenvalue weighted by Crippen LogP contribution is -2.39. The fraction of sp³-hybridized carbons (Fsp3) is 0.312. The molecule has 0 aliphatic rings. The number of ether oxygens (including phenoxy) is 2. The molecule has 0 fully saturated rings. The largest absolute Gasteiger partial charge is 0.493 e. The van der Waals surface area contributed by atoms with Gasteiger partial charge in [0.25, 0.3) is 0 Å². The summed E-state index contributed by atoms with van der Waals surface area (Å²) in [4.78, 5) is 27.0. The van der Waals surface area contributed by atoms with Crippen LogP contribution in [0.2, 0.25) is 0 Å². The Kier molecular flexibility index (Phi) is 5.75. The first kappa shape index (κ1) is 17.7. The van der Waals surface area contributed by atoms with Gasteiger partial charge in [0, 0.05) is 10.9 Å². The van der Waals surface area contributed by atoms with Crippen LogP contribution in [0.15, 0.2) is 23.6 Å². The normalized spacial score (nSPS) is 11.6. The molecule has 0 saturated heterocycles. The highest BCUT2D eigenvalue weighted by atomic mass is 32.1. The minimum absolute atomic E-state index is 0.0292.